The van der Waals surface area contributed by atoms with Crippen molar-refractivity contribution in [2.75, 3.05) is 6.54 Å². The second-order valence-electron chi connectivity index (χ2n) is 5.46. The van der Waals surface area contributed by atoms with Gasteiger partial charge in [0.15, 0.2) is 5.82 Å². The predicted molar refractivity (Wildman–Crippen MR) is 89.1 cm³/mol. The van der Waals surface area contributed by atoms with Crippen LogP contribution in [0.1, 0.15) is 43.5 Å². The van der Waals surface area contributed by atoms with E-state index in [0.29, 0.717) is 6.04 Å². The topological polar surface area (TPSA) is 37.8 Å². The molecule has 21 heavy (non-hydrogen) atoms. The lowest BCUT2D eigenvalue weighted by molar-refractivity contribution is 0.502. The van der Waals surface area contributed by atoms with Gasteiger partial charge in [-0.1, -0.05) is 41.4 Å². The van der Waals surface area contributed by atoms with Crippen molar-refractivity contribution in [1.29, 1.82) is 0 Å². The number of rotatable bonds is 3. The van der Waals surface area contributed by atoms with Gasteiger partial charge >= 0.3 is 0 Å². The Kier molecular flexibility index (Phi) is 4.66. The Hall–Kier alpha value is -1.26. The maximum Gasteiger partial charge on any atom is 0.159 e. The summed E-state index contributed by atoms with van der Waals surface area (Å²) < 4.78 is 1.06. The van der Waals surface area contributed by atoms with Crippen molar-refractivity contribution in [2.45, 2.75) is 38.6 Å². The standard InChI is InChI=1S/C17H20BrN3/c1-2-19-15-8-3-4-9-16-14(15)11-20-17(21-16)12-6-5-7-13(18)10-12/h5-7,10-11,15,19H,2-4,8-9H2,1H3. The summed E-state index contributed by atoms with van der Waals surface area (Å²) in [5, 5.41) is 3.56. The number of aryl methyl sites for hydroxylation is 1. The first kappa shape index (κ1) is 14.7. The fraction of sp³-hybridized carbons (Fsp3) is 0.412. The Bertz CT molecular complexity index is 627. The largest absolute Gasteiger partial charge is 0.310 e. The van der Waals surface area contributed by atoms with E-state index >= 15 is 0 Å². The molecule has 1 atom stereocenters. The highest BCUT2D eigenvalue weighted by Gasteiger charge is 2.20. The minimum absolute atomic E-state index is 0.407. The van der Waals surface area contributed by atoms with Crippen molar-refractivity contribution in [3.05, 3.63) is 46.2 Å². The molecular weight excluding hydrogens is 326 g/mol. The molecule has 0 fully saturated rings. The lowest BCUT2D eigenvalue weighted by atomic mass is 10.0. The first-order valence-corrected chi connectivity index (χ1v) is 8.42. The highest BCUT2D eigenvalue weighted by atomic mass is 79.9. The maximum absolute atomic E-state index is 4.85. The third-order valence-corrected chi connectivity index (χ3v) is 4.46. The normalized spacial score (nSPS) is 18.1. The zero-order valence-corrected chi connectivity index (χ0v) is 13.9. The molecule has 1 aromatic heterocycles. The number of nitrogens with zero attached hydrogens (tertiary/aromatic N) is 2. The first-order chi connectivity index (χ1) is 10.3. The molecule has 3 nitrogen and oxygen atoms in total. The fourth-order valence-electron chi connectivity index (χ4n) is 2.94. The zero-order chi connectivity index (χ0) is 14.7. The summed E-state index contributed by atoms with van der Waals surface area (Å²) in [6.45, 7) is 3.14. The highest BCUT2D eigenvalue weighted by molar-refractivity contribution is 9.10. The number of hydrogen-bond acceptors (Lipinski definition) is 3. The summed E-state index contributed by atoms with van der Waals surface area (Å²) in [5.74, 6) is 0.826. The third-order valence-electron chi connectivity index (χ3n) is 3.97. The molecule has 1 heterocycles. The number of nitrogens with one attached hydrogen (secondary N) is 1. The van der Waals surface area contributed by atoms with E-state index in [1.54, 1.807) is 0 Å². The molecule has 0 bridgehead atoms. The van der Waals surface area contributed by atoms with Crippen molar-refractivity contribution < 1.29 is 0 Å². The van der Waals surface area contributed by atoms with Gasteiger partial charge in [-0.3, -0.25) is 0 Å². The van der Waals surface area contributed by atoms with E-state index in [0.717, 1.165) is 28.8 Å². The summed E-state index contributed by atoms with van der Waals surface area (Å²) in [5.41, 5.74) is 3.56. The van der Waals surface area contributed by atoms with Gasteiger partial charge in [-0.05, 0) is 37.9 Å². The molecule has 1 N–H and O–H groups in total. The molecule has 110 valence electrons. The van der Waals surface area contributed by atoms with E-state index in [-0.39, 0.29) is 0 Å². The van der Waals surface area contributed by atoms with Crippen LogP contribution in [0, 0.1) is 0 Å². The SMILES string of the molecule is CCNC1CCCCc2nc(-c3cccc(Br)c3)ncc21. The van der Waals surface area contributed by atoms with Crippen LogP contribution in [0.3, 0.4) is 0 Å². The second kappa shape index (κ2) is 6.67. The van der Waals surface area contributed by atoms with Crippen molar-refractivity contribution in [1.82, 2.24) is 15.3 Å². The smallest absolute Gasteiger partial charge is 0.159 e. The number of benzene rings is 1. The Balaban J connectivity index is 1.98. The van der Waals surface area contributed by atoms with Crippen LogP contribution in [0.2, 0.25) is 0 Å². The Morgan fingerprint density at radius 1 is 1.33 bits per heavy atom. The van der Waals surface area contributed by atoms with Crippen molar-refractivity contribution >= 4 is 15.9 Å². The van der Waals surface area contributed by atoms with Gasteiger partial charge in [-0.25, -0.2) is 9.97 Å². The van der Waals surface area contributed by atoms with Gasteiger partial charge in [0.2, 0.25) is 0 Å². The molecule has 0 radical (unpaired) electrons. The van der Waals surface area contributed by atoms with Crippen LogP contribution in [0.25, 0.3) is 11.4 Å². The average Bonchev–Trinajstić information content (AvgIpc) is 2.70. The molecule has 0 spiro atoms. The summed E-state index contributed by atoms with van der Waals surface area (Å²) >= 11 is 3.51. The monoisotopic (exact) mass is 345 g/mol. The Labute approximate surface area is 134 Å². The molecule has 1 aliphatic carbocycles. The average molecular weight is 346 g/mol. The van der Waals surface area contributed by atoms with E-state index in [1.807, 2.05) is 18.3 Å². The number of fused-ring (bicyclic) bond motifs is 1. The fourth-order valence-corrected chi connectivity index (χ4v) is 3.34. The van der Waals surface area contributed by atoms with E-state index in [4.69, 9.17) is 4.98 Å². The molecule has 2 aromatic rings. The quantitative estimate of drug-likeness (QED) is 0.843. The number of aromatic nitrogens is 2. The van der Waals surface area contributed by atoms with Crippen molar-refractivity contribution in [3.63, 3.8) is 0 Å². The summed E-state index contributed by atoms with van der Waals surface area (Å²) in [4.78, 5) is 9.45. The van der Waals surface area contributed by atoms with Gasteiger partial charge in [0, 0.05) is 33.5 Å². The molecule has 0 aliphatic heterocycles. The van der Waals surface area contributed by atoms with Crippen molar-refractivity contribution in [3.8, 4) is 11.4 Å². The lowest BCUT2D eigenvalue weighted by Crippen LogP contribution is -2.21. The minimum atomic E-state index is 0.407. The molecule has 3 rings (SSSR count). The van der Waals surface area contributed by atoms with Crippen LogP contribution in [0.15, 0.2) is 34.9 Å². The van der Waals surface area contributed by atoms with Crippen LogP contribution in [-0.2, 0) is 6.42 Å². The van der Waals surface area contributed by atoms with Crippen molar-refractivity contribution in [2.24, 2.45) is 0 Å². The molecule has 1 unspecified atom stereocenters. The molecule has 0 amide bonds. The molecule has 4 heteroatoms. The van der Waals surface area contributed by atoms with Gasteiger partial charge in [0.1, 0.15) is 0 Å². The predicted octanol–water partition coefficient (Wildman–Crippen LogP) is 4.28. The van der Waals surface area contributed by atoms with Crippen LogP contribution >= 0.6 is 15.9 Å². The Morgan fingerprint density at radius 3 is 3.05 bits per heavy atom. The third kappa shape index (κ3) is 3.33. The van der Waals surface area contributed by atoms with E-state index in [9.17, 15) is 0 Å². The second-order valence-corrected chi connectivity index (χ2v) is 6.38. The van der Waals surface area contributed by atoms with Crippen LogP contribution in [-0.4, -0.2) is 16.5 Å². The van der Waals surface area contributed by atoms with Gasteiger partial charge in [0.25, 0.3) is 0 Å². The zero-order valence-electron chi connectivity index (χ0n) is 12.3. The summed E-state index contributed by atoms with van der Waals surface area (Å²) in [7, 11) is 0. The van der Waals surface area contributed by atoms with Gasteiger partial charge in [-0.15, -0.1) is 0 Å². The highest BCUT2D eigenvalue weighted by Crippen LogP contribution is 2.29. The lowest BCUT2D eigenvalue weighted by Gasteiger charge is -2.18. The summed E-state index contributed by atoms with van der Waals surface area (Å²) in [6.07, 6.45) is 6.72. The van der Waals surface area contributed by atoms with Gasteiger partial charge in [-0.2, -0.15) is 0 Å². The number of halogens is 1. The number of hydrogen-bond donors (Lipinski definition) is 1. The maximum atomic E-state index is 4.85. The Morgan fingerprint density at radius 2 is 2.24 bits per heavy atom. The summed E-state index contributed by atoms with van der Waals surface area (Å²) in [6, 6.07) is 8.58. The molecule has 1 aliphatic rings. The minimum Gasteiger partial charge on any atom is -0.310 e. The van der Waals surface area contributed by atoms with Gasteiger partial charge < -0.3 is 5.32 Å². The van der Waals surface area contributed by atoms with E-state index in [1.165, 1.54) is 30.5 Å². The first-order valence-electron chi connectivity index (χ1n) is 7.63. The van der Waals surface area contributed by atoms with E-state index < -0.39 is 0 Å². The molecule has 0 saturated heterocycles. The van der Waals surface area contributed by atoms with Crippen LogP contribution < -0.4 is 5.32 Å². The van der Waals surface area contributed by atoms with Gasteiger partial charge in [0.05, 0.1) is 0 Å². The van der Waals surface area contributed by atoms with Crippen LogP contribution in [0.4, 0.5) is 0 Å². The van der Waals surface area contributed by atoms with E-state index in [2.05, 4.69) is 45.3 Å². The van der Waals surface area contributed by atoms with Crippen LogP contribution in [0.5, 0.6) is 0 Å². The molecule has 1 aromatic carbocycles. The molecular formula is C17H20BrN3. The molecule has 0 saturated carbocycles.